The predicted molar refractivity (Wildman–Crippen MR) is 43.2 cm³/mol. The lowest BCUT2D eigenvalue weighted by Gasteiger charge is -2.13. The molecule has 1 rings (SSSR count). The van der Waals surface area contributed by atoms with E-state index in [2.05, 4.69) is 30.0 Å². The Kier molecular flexibility index (Phi) is 3.87. The maximum Gasteiger partial charge on any atom is 0.109 e. The van der Waals surface area contributed by atoms with E-state index in [0.717, 1.165) is 6.42 Å². The van der Waals surface area contributed by atoms with Crippen LogP contribution >= 0.6 is 25.8 Å². The van der Waals surface area contributed by atoms with Gasteiger partial charge in [0.25, 0.3) is 0 Å². The normalized spacial score (nSPS) is 33.0. The van der Waals surface area contributed by atoms with Crippen LogP contribution in [0.4, 0.5) is 0 Å². The highest BCUT2D eigenvalue weighted by Gasteiger charge is 2.28. The summed E-state index contributed by atoms with van der Waals surface area (Å²) in [7, 11) is 0. The van der Waals surface area contributed by atoms with Crippen molar-refractivity contribution in [3.05, 3.63) is 0 Å². The van der Waals surface area contributed by atoms with Gasteiger partial charge in [-0.2, -0.15) is 0 Å². The van der Waals surface area contributed by atoms with Crippen molar-refractivity contribution in [3.8, 4) is 0 Å². The van der Waals surface area contributed by atoms with Gasteiger partial charge >= 0.3 is 0 Å². The van der Waals surface area contributed by atoms with E-state index in [1.165, 1.54) is 0 Å². The molecule has 0 aromatic carbocycles. The molecule has 1 fully saturated rings. The van der Waals surface area contributed by atoms with Crippen LogP contribution in [0.1, 0.15) is 6.42 Å². The first kappa shape index (κ1) is 8.67. The molecule has 0 aromatic rings. The second-order valence-electron chi connectivity index (χ2n) is 2.14. The maximum absolute atomic E-state index is 5.25. The summed E-state index contributed by atoms with van der Waals surface area (Å²) in [5.74, 6) is 0. The van der Waals surface area contributed by atoms with Crippen molar-refractivity contribution in [2.24, 2.45) is 0 Å². The number of ether oxygens (including phenoxy) is 1. The van der Waals surface area contributed by atoms with Crippen LogP contribution < -0.4 is 0 Å². The van der Waals surface area contributed by atoms with Crippen molar-refractivity contribution >= 4 is 25.8 Å². The Morgan fingerprint density at radius 1 is 1.50 bits per heavy atom. The van der Waals surface area contributed by atoms with Gasteiger partial charge in [-0.25, -0.2) is 0 Å². The molecule has 0 radical (unpaired) electrons. The summed E-state index contributed by atoms with van der Waals surface area (Å²) in [4.78, 5) is 0. The summed E-state index contributed by atoms with van der Waals surface area (Å²) in [5.41, 5.74) is 0. The Morgan fingerprint density at radius 3 is 2.90 bits per heavy atom. The summed E-state index contributed by atoms with van der Waals surface area (Å²) in [6.45, 7) is 1.17. The van der Waals surface area contributed by atoms with Gasteiger partial charge in [-0.1, -0.05) is 0 Å². The molecule has 2 atom stereocenters. The standard InChI is InChI=1S/C5H10O3S2/c9-7-3-5-4(8-10)1-2-6-5/h4-5,9-10H,1-3H2. The van der Waals surface area contributed by atoms with E-state index >= 15 is 0 Å². The molecule has 1 aliphatic rings. The van der Waals surface area contributed by atoms with Crippen molar-refractivity contribution in [2.75, 3.05) is 13.2 Å². The van der Waals surface area contributed by atoms with Gasteiger partial charge in [0.05, 0.1) is 6.61 Å². The molecule has 10 heavy (non-hydrogen) atoms. The molecular formula is C5H10O3S2. The van der Waals surface area contributed by atoms with Gasteiger partial charge in [0, 0.05) is 13.0 Å². The van der Waals surface area contributed by atoms with Crippen LogP contribution in [0.2, 0.25) is 0 Å². The number of thiol groups is 2. The van der Waals surface area contributed by atoms with Crippen LogP contribution in [0.5, 0.6) is 0 Å². The lowest BCUT2D eigenvalue weighted by molar-refractivity contribution is 0.0333. The minimum Gasteiger partial charge on any atom is -0.373 e. The van der Waals surface area contributed by atoms with E-state index in [4.69, 9.17) is 8.92 Å². The highest BCUT2D eigenvalue weighted by molar-refractivity contribution is 7.75. The largest absolute Gasteiger partial charge is 0.373 e. The van der Waals surface area contributed by atoms with Crippen LogP contribution in [-0.2, 0) is 13.1 Å². The van der Waals surface area contributed by atoms with Gasteiger partial charge in [-0.15, -0.1) is 0 Å². The zero-order valence-corrected chi connectivity index (χ0v) is 7.18. The first-order valence-corrected chi connectivity index (χ1v) is 3.79. The smallest absolute Gasteiger partial charge is 0.109 e. The number of hydrogen-bond acceptors (Lipinski definition) is 5. The Bertz CT molecular complexity index is 101. The molecule has 60 valence electrons. The molecule has 0 saturated carbocycles. The van der Waals surface area contributed by atoms with Gasteiger partial charge in [0.15, 0.2) is 0 Å². The molecule has 1 heterocycles. The summed E-state index contributed by atoms with van der Waals surface area (Å²) < 4.78 is 14.7. The van der Waals surface area contributed by atoms with Crippen molar-refractivity contribution in [2.45, 2.75) is 18.6 Å². The zero-order chi connectivity index (χ0) is 7.40. The summed E-state index contributed by atoms with van der Waals surface area (Å²) >= 11 is 7.32. The molecule has 0 spiro atoms. The van der Waals surface area contributed by atoms with E-state index in [1.54, 1.807) is 0 Å². The van der Waals surface area contributed by atoms with Gasteiger partial charge in [-0.3, -0.25) is 0 Å². The number of rotatable bonds is 3. The second-order valence-corrected chi connectivity index (χ2v) is 2.61. The van der Waals surface area contributed by atoms with Crippen molar-refractivity contribution in [1.29, 1.82) is 0 Å². The molecule has 1 aliphatic heterocycles. The zero-order valence-electron chi connectivity index (χ0n) is 5.40. The Hall–Kier alpha value is 0.580. The number of hydrogen-bond donors (Lipinski definition) is 2. The van der Waals surface area contributed by atoms with Gasteiger partial charge < -0.3 is 13.1 Å². The third-order valence-corrected chi connectivity index (χ3v) is 1.94. The van der Waals surface area contributed by atoms with E-state index in [9.17, 15) is 0 Å². The van der Waals surface area contributed by atoms with Gasteiger partial charge in [0.1, 0.15) is 12.2 Å². The van der Waals surface area contributed by atoms with E-state index in [0.29, 0.717) is 13.2 Å². The maximum atomic E-state index is 5.25. The van der Waals surface area contributed by atoms with Gasteiger partial charge in [-0.05, 0) is 25.8 Å². The average Bonchev–Trinajstić information content (AvgIpc) is 2.36. The van der Waals surface area contributed by atoms with Crippen LogP contribution in [-0.4, -0.2) is 25.4 Å². The molecule has 0 amide bonds. The van der Waals surface area contributed by atoms with E-state index in [-0.39, 0.29) is 12.2 Å². The quantitative estimate of drug-likeness (QED) is 0.501. The minimum absolute atomic E-state index is 0.00463. The average molecular weight is 182 g/mol. The Labute approximate surface area is 71.3 Å². The van der Waals surface area contributed by atoms with Crippen LogP contribution in [0.3, 0.4) is 0 Å². The van der Waals surface area contributed by atoms with E-state index < -0.39 is 0 Å². The lowest BCUT2D eigenvalue weighted by Crippen LogP contribution is -2.25. The monoisotopic (exact) mass is 182 g/mol. The molecule has 5 heteroatoms. The fraction of sp³-hybridized carbons (Fsp3) is 1.00. The summed E-state index contributed by atoms with van der Waals surface area (Å²) in [6, 6.07) is 0. The fourth-order valence-corrected chi connectivity index (χ4v) is 1.37. The van der Waals surface area contributed by atoms with Crippen LogP contribution in [0.25, 0.3) is 0 Å². The molecule has 1 saturated heterocycles. The van der Waals surface area contributed by atoms with Crippen molar-refractivity contribution in [3.63, 3.8) is 0 Å². The highest BCUT2D eigenvalue weighted by Crippen LogP contribution is 2.18. The van der Waals surface area contributed by atoms with Gasteiger partial charge in [0.2, 0.25) is 0 Å². The fourth-order valence-electron chi connectivity index (χ4n) is 0.978. The Morgan fingerprint density at radius 2 is 2.30 bits per heavy atom. The third kappa shape index (κ3) is 2.03. The van der Waals surface area contributed by atoms with Crippen LogP contribution in [0.15, 0.2) is 0 Å². The summed E-state index contributed by atoms with van der Waals surface area (Å²) in [6.07, 6.45) is 0.927. The first-order valence-electron chi connectivity index (χ1n) is 3.06. The second kappa shape index (κ2) is 4.46. The molecule has 0 N–H and O–H groups in total. The van der Waals surface area contributed by atoms with Crippen LogP contribution in [0, 0.1) is 0 Å². The molecule has 3 nitrogen and oxygen atoms in total. The molecular weight excluding hydrogens is 172 g/mol. The van der Waals surface area contributed by atoms with E-state index in [1.807, 2.05) is 0 Å². The Balaban J connectivity index is 2.27. The molecule has 2 unspecified atom stereocenters. The minimum atomic E-state index is -0.00463. The molecule has 0 bridgehead atoms. The summed E-state index contributed by atoms with van der Waals surface area (Å²) in [5, 5.41) is 0. The first-order chi connectivity index (χ1) is 4.88. The topological polar surface area (TPSA) is 27.7 Å². The SMILES string of the molecule is SOCC1OCCC1OS. The van der Waals surface area contributed by atoms with Crippen molar-refractivity contribution in [1.82, 2.24) is 0 Å². The predicted octanol–water partition coefficient (Wildman–Crippen LogP) is 0.867. The lowest BCUT2D eigenvalue weighted by atomic mass is 10.2. The van der Waals surface area contributed by atoms with Crippen molar-refractivity contribution < 1.29 is 13.1 Å². The third-order valence-electron chi connectivity index (χ3n) is 1.52. The highest BCUT2D eigenvalue weighted by atomic mass is 32.1. The molecule has 0 aliphatic carbocycles. The molecule has 0 aromatic heterocycles.